The first-order chi connectivity index (χ1) is 10.2. The molecule has 0 aliphatic rings. The van der Waals surface area contributed by atoms with E-state index in [0.29, 0.717) is 19.8 Å². The standard InChI is InChI=1S/C16H28N2O3/c1-4-20-15-7-6-14(10-16(15)21-5-2)12-18-9-8-17-11-13(3)19/h6-7,10,13,17-19H,4-5,8-9,11-12H2,1-3H3/t13-/m0/s1. The van der Waals surface area contributed by atoms with Gasteiger partial charge in [-0.3, -0.25) is 0 Å². The average Bonchev–Trinajstić information content (AvgIpc) is 2.45. The van der Waals surface area contributed by atoms with Gasteiger partial charge >= 0.3 is 0 Å². The molecule has 21 heavy (non-hydrogen) atoms. The highest BCUT2D eigenvalue weighted by atomic mass is 16.5. The lowest BCUT2D eigenvalue weighted by Gasteiger charge is -2.13. The van der Waals surface area contributed by atoms with Crippen LogP contribution in [0.4, 0.5) is 0 Å². The Morgan fingerprint density at radius 1 is 1.05 bits per heavy atom. The molecule has 1 atom stereocenters. The number of aliphatic hydroxyl groups is 1. The molecule has 5 nitrogen and oxygen atoms in total. The molecule has 0 fully saturated rings. The maximum absolute atomic E-state index is 9.13. The van der Waals surface area contributed by atoms with Crippen LogP contribution in [0.15, 0.2) is 18.2 Å². The summed E-state index contributed by atoms with van der Waals surface area (Å²) in [4.78, 5) is 0. The average molecular weight is 296 g/mol. The van der Waals surface area contributed by atoms with Crippen molar-refractivity contribution < 1.29 is 14.6 Å². The lowest BCUT2D eigenvalue weighted by atomic mass is 10.2. The van der Waals surface area contributed by atoms with E-state index >= 15 is 0 Å². The Hall–Kier alpha value is -1.30. The van der Waals surface area contributed by atoms with Crippen LogP contribution < -0.4 is 20.1 Å². The smallest absolute Gasteiger partial charge is 0.161 e. The van der Waals surface area contributed by atoms with Crippen molar-refractivity contribution in [2.45, 2.75) is 33.4 Å². The number of hydrogen-bond donors (Lipinski definition) is 3. The quantitative estimate of drug-likeness (QED) is 0.541. The summed E-state index contributed by atoms with van der Waals surface area (Å²) in [5.41, 5.74) is 1.16. The highest BCUT2D eigenvalue weighted by molar-refractivity contribution is 5.43. The van der Waals surface area contributed by atoms with Gasteiger partial charge in [0.05, 0.1) is 19.3 Å². The van der Waals surface area contributed by atoms with Crippen molar-refractivity contribution in [1.29, 1.82) is 0 Å². The molecule has 0 saturated carbocycles. The first-order valence-corrected chi connectivity index (χ1v) is 7.65. The van der Waals surface area contributed by atoms with E-state index in [9.17, 15) is 0 Å². The second-order valence-corrected chi connectivity index (χ2v) is 4.88. The SMILES string of the molecule is CCOc1ccc(CNCCNC[C@H](C)O)cc1OCC. The molecule has 0 radical (unpaired) electrons. The largest absolute Gasteiger partial charge is 0.490 e. The monoisotopic (exact) mass is 296 g/mol. The van der Waals surface area contributed by atoms with E-state index in [-0.39, 0.29) is 6.10 Å². The number of benzene rings is 1. The van der Waals surface area contributed by atoms with Crippen molar-refractivity contribution >= 4 is 0 Å². The summed E-state index contributed by atoms with van der Waals surface area (Å²) in [6.45, 7) is 10.1. The molecule has 3 N–H and O–H groups in total. The number of nitrogens with one attached hydrogen (secondary N) is 2. The Bertz CT molecular complexity index is 397. The van der Waals surface area contributed by atoms with Gasteiger partial charge in [0.1, 0.15) is 0 Å². The third-order valence-electron chi connectivity index (χ3n) is 2.86. The molecular formula is C16H28N2O3. The third kappa shape index (κ3) is 7.32. The minimum Gasteiger partial charge on any atom is -0.490 e. The second-order valence-electron chi connectivity index (χ2n) is 4.88. The number of hydrogen-bond acceptors (Lipinski definition) is 5. The van der Waals surface area contributed by atoms with Crippen molar-refractivity contribution in [3.8, 4) is 11.5 Å². The van der Waals surface area contributed by atoms with Gasteiger partial charge in [0, 0.05) is 26.2 Å². The van der Waals surface area contributed by atoms with Gasteiger partial charge in [-0.1, -0.05) is 6.07 Å². The van der Waals surface area contributed by atoms with E-state index in [0.717, 1.165) is 36.7 Å². The molecule has 0 aromatic heterocycles. The highest BCUT2D eigenvalue weighted by Crippen LogP contribution is 2.28. The van der Waals surface area contributed by atoms with Crippen LogP contribution in [0.2, 0.25) is 0 Å². The molecule has 5 heteroatoms. The van der Waals surface area contributed by atoms with Crippen LogP contribution in [0, 0.1) is 0 Å². The number of ether oxygens (including phenoxy) is 2. The second kappa shape index (κ2) is 10.4. The van der Waals surface area contributed by atoms with Gasteiger partial charge in [0.15, 0.2) is 11.5 Å². The molecule has 120 valence electrons. The van der Waals surface area contributed by atoms with Crippen molar-refractivity contribution in [3.05, 3.63) is 23.8 Å². The Labute approximate surface area is 127 Å². The van der Waals surface area contributed by atoms with Gasteiger partial charge in [0.25, 0.3) is 0 Å². The summed E-state index contributed by atoms with van der Waals surface area (Å²) >= 11 is 0. The predicted octanol–water partition coefficient (Wildman–Crippen LogP) is 1.54. The van der Waals surface area contributed by atoms with Gasteiger partial charge in [-0.25, -0.2) is 0 Å². The van der Waals surface area contributed by atoms with Gasteiger partial charge in [0.2, 0.25) is 0 Å². The van der Waals surface area contributed by atoms with E-state index in [4.69, 9.17) is 14.6 Å². The molecular weight excluding hydrogens is 268 g/mol. The zero-order valence-corrected chi connectivity index (χ0v) is 13.3. The summed E-state index contributed by atoms with van der Waals surface area (Å²) in [6.07, 6.45) is -0.301. The Morgan fingerprint density at radius 3 is 2.38 bits per heavy atom. The Balaban J connectivity index is 2.39. The van der Waals surface area contributed by atoms with E-state index in [1.165, 1.54) is 0 Å². The van der Waals surface area contributed by atoms with Gasteiger partial charge in [-0.2, -0.15) is 0 Å². The lowest BCUT2D eigenvalue weighted by Crippen LogP contribution is -2.31. The van der Waals surface area contributed by atoms with Crippen LogP contribution in [0.3, 0.4) is 0 Å². The molecule has 0 aliphatic carbocycles. The molecule has 0 saturated heterocycles. The maximum atomic E-state index is 9.13. The molecule has 0 bridgehead atoms. The molecule has 0 amide bonds. The van der Waals surface area contributed by atoms with Crippen molar-refractivity contribution in [2.75, 3.05) is 32.8 Å². The molecule has 0 aliphatic heterocycles. The summed E-state index contributed by atoms with van der Waals surface area (Å²) in [5, 5.41) is 15.7. The molecule has 1 rings (SSSR count). The van der Waals surface area contributed by atoms with Crippen molar-refractivity contribution in [2.24, 2.45) is 0 Å². The lowest BCUT2D eigenvalue weighted by molar-refractivity contribution is 0.191. The summed E-state index contributed by atoms with van der Waals surface area (Å²) in [6, 6.07) is 6.02. The molecule has 0 unspecified atom stereocenters. The normalized spacial score (nSPS) is 12.2. The number of rotatable bonds is 11. The summed E-state index contributed by atoms with van der Waals surface area (Å²) < 4.78 is 11.2. The fourth-order valence-corrected chi connectivity index (χ4v) is 1.93. The van der Waals surface area contributed by atoms with Crippen LogP contribution in [-0.4, -0.2) is 44.1 Å². The number of aliphatic hydroxyl groups excluding tert-OH is 1. The topological polar surface area (TPSA) is 62.8 Å². The maximum Gasteiger partial charge on any atom is 0.161 e. The first-order valence-electron chi connectivity index (χ1n) is 7.65. The van der Waals surface area contributed by atoms with Crippen LogP contribution in [0.25, 0.3) is 0 Å². The fraction of sp³-hybridized carbons (Fsp3) is 0.625. The van der Waals surface area contributed by atoms with Crippen LogP contribution in [0.1, 0.15) is 26.3 Å². The molecule has 1 aromatic rings. The molecule has 0 heterocycles. The van der Waals surface area contributed by atoms with Gasteiger partial charge < -0.3 is 25.2 Å². The Morgan fingerprint density at radius 2 is 1.71 bits per heavy atom. The van der Waals surface area contributed by atoms with Crippen LogP contribution >= 0.6 is 0 Å². The van der Waals surface area contributed by atoms with E-state index in [1.807, 2.05) is 32.0 Å². The zero-order valence-electron chi connectivity index (χ0n) is 13.3. The van der Waals surface area contributed by atoms with Crippen LogP contribution in [-0.2, 0) is 6.54 Å². The van der Waals surface area contributed by atoms with Gasteiger partial charge in [-0.15, -0.1) is 0 Å². The van der Waals surface area contributed by atoms with Crippen molar-refractivity contribution in [1.82, 2.24) is 10.6 Å². The fourth-order valence-electron chi connectivity index (χ4n) is 1.93. The molecule has 0 spiro atoms. The van der Waals surface area contributed by atoms with E-state index in [2.05, 4.69) is 10.6 Å². The summed E-state index contributed by atoms with van der Waals surface area (Å²) in [7, 11) is 0. The zero-order chi connectivity index (χ0) is 15.5. The third-order valence-corrected chi connectivity index (χ3v) is 2.86. The van der Waals surface area contributed by atoms with E-state index < -0.39 is 0 Å². The van der Waals surface area contributed by atoms with Crippen LogP contribution in [0.5, 0.6) is 11.5 Å². The minimum absolute atomic E-state index is 0.301. The molecule has 1 aromatic carbocycles. The van der Waals surface area contributed by atoms with Gasteiger partial charge in [-0.05, 0) is 38.5 Å². The predicted molar refractivity (Wildman–Crippen MR) is 85.0 cm³/mol. The van der Waals surface area contributed by atoms with Crippen molar-refractivity contribution in [3.63, 3.8) is 0 Å². The Kier molecular flexibility index (Phi) is 8.82. The first kappa shape index (κ1) is 17.8. The van der Waals surface area contributed by atoms with E-state index in [1.54, 1.807) is 6.92 Å². The highest BCUT2D eigenvalue weighted by Gasteiger charge is 2.05. The summed E-state index contributed by atoms with van der Waals surface area (Å²) in [5.74, 6) is 1.59. The minimum atomic E-state index is -0.301.